The molecule has 0 saturated heterocycles. The van der Waals surface area contributed by atoms with Crippen molar-refractivity contribution in [1.82, 2.24) is 9.97 Å². The molecule has 6 nitrogen and oxygen atoms in total. The molecule has 0 amide bonds. The Balaban J connectivity index is 2.06. The number of aliphatic hydroxyl groups is 2. The Morgan fingerprint density at radius 1 is 0.935 bits per heavy atom. The Morgan fingerprint density at radius 3 is 2.29 bits per heavy atom. The molecule has 3 rings (SSSR count). The number of rotatable bonds is 8. The number of nitrogens with zero attached hydrogens (tertiary/aromatic N) is 2. The molecule has 0 bridgehead atoms. The first kappa shape index (κ1) is 22.4. The summed E-state index contributed by atoms with van der Waals surface area (Å²) >= 11 is 0. The molecule has 2 aromatic heterocycles. The summed E-state index contributed by atoms with van der Waals surface area (Å²) < 4.78 is 73.2. The lowest BCUT2D eigenvalue weighted by Crippen LogP contribution is -2.08. The topological polar surface area (TPSA) is 84.7 Å². The van der Waals surface area contributed by atoms with Crippen LogP contribution in [0.4, 0.5) is 22.0 Å². The number of halogens is 5. The van der Waals surface area contributed by atoms with E-state index in [2.05, 4.69) is 19.4 Å². The molecule has 0 aliphatic rings. The molecular formula is C20H15F5N2O4. The van der Waals surface area contributed by atoms with Crippen LogP contribution in [0.5, 0.6) is 11.5 Å². The fraction of sp³-hybridized carbons (Fsp3) is 0.200. The van der Waals surface area contributed by atoms with Crippen LogP contribution < -0.4 is 9.47 Å². The molecule has 2 heterocycles. The van der Waals surface area contributed by atoms with Crippen LogP contribution in [0, 0.1) is 5.82 Å². The molecule has 0 fully saturated rings. The smallest absolute Gasteiger partial charge is 0.387 e. The lowest BCUT2D eigenvalue weighted by molar-refractivity contribution is -0.0501. The van der Waals surface area contributed by atoms with Crippen molar-refractivity contribution in [1.29, 1.82) is 0 Å². The average Bonchev–Trinajstić information content (AvgIpc) is 2.72. The van der Waals surface area contributed by atoms with E-state index in [9.17, 15) is 27.1 Å². The quantitative estimate of drug-likeness (QED) is 0.512. The molecule has 0 spiro atoms. The molecule has 0 saturated carbocycles. The fourth-order valence-electron chi connectivity index (χ4n) is 2.74. The summed E-state index contributed by atoms with van der Waals surface area (Å²) in [4.78, 5) is 8.01. The van der Waals surface area contributed by atoms with E-state index in [1.54, 1.807) is 0 Å². The number of pyridine rings is 2. The van der Waals surface area contributed by atoms with E-state index in [4.69, 9.17) is 5.11 Å². The van der Waals surface area contributed by atoms with E-state index in [1.165, 1.54) is 24.4 Å². The zero-order valence-electron chi connectivity index (χ0n) is 15.6. The highest BCUT2D eigenvalue weighted by Crippen LogP contribution is 2.34. The van der Waals surface area contributed by atoms with Gasteiger partial charge in [0.05, 0.1) is 18.0 Å². The highest BCUT2D eigenvalue weighted by Gasteiger charge is 2.20. The molecule has 0 radical (unpaired) electrons. The van der Waals surface area contributed by atoms with Crippen LogP contribution in [0.2, 0.25) is 0 Å². The van der Waals surface area contributed by atoms with Gasteiger partial charge in [0, 0.05) is 23.4 Å². The van der Waals surface area contributed by atoms with Gasteiger partial charge in [-0.1, -0.05) is 6.07 Å². The molecule has 0 aliphatic heterocycles. The summed E-state index contributed by atoms with van der Waals surface area (Å²) in [5.41, 5.74) is 0.0935. The second-order valence-corrected chi connectivity index (χ2v) is 6.16. The average molecular weight is 442 g/mol. The number of alkyl halides is 4. The number of aliphatic hydroxyl groups excluding tert-OH is 2. The summed E-state index contributed by atoms with van der Waals surface area (Å²) in [6.45, 7) is -6.78. The lowest BCUT2D eigenvalue weighted by Gasteiger charge is -2.16. The zero-order chi connectivity index (χ0) is 22.5. The summed E-state index contributed by atoms with van der Waals surface area (Å²) in [5.74, 6) is -1.99. The Bertz CT molecular complexity index is 1030. The lowest BCUT2D eigenvalue weighted by atomic mass is 10.0. The van der Waals surface area contributed by atoms with Crippen LogP contribution >= 0.6 is 0 Å². The maximum atomic E-state index is 13.9. The zero-order valence-corrected chi connectivity index (χ0v) is 15.6. The van der Waals surface area contributed by atoms with Gasteiger partial charge in [-0.2, -0.15) is 17.6 Å². The number of aromatic nitrogens is 2. The van der Waals surface area contributed by atoms with Gasteiger partial charge < -0.3 is 19.7 Å². The van der Waals surface area contributed by atoms with E-state index in [-0.39, 0.29) is 29.1 Å². The van der Waals surface area contributed by atoms with Gasteiger partial charge in [-0.3, -0.25) is 4.98 Å². The number of ether oxygens (including phenoxy) is 2. The summed E-state index contributed by atoms with van der Waals surface area (Å²) in [6, 6.07) is 7.77. The van der Waals surface area contributed by atoms with Gasteiger partial charge in [0.15, 0.2) is 5.75 Å². The van der Waals surface area contributed by atoms with Crippen molar-refractivity contribution < 1.29 is 41.6 Å². The van der Waals surface area contributed by atoms with Gasteiger partial charge >= 0.3 is 13.2 Å². The van der Waals surface area contributed by atoms with E-state index < -0.39 is 36.6 Å². The molecule has 0 unspecified atom stereocenters. The largest absolute Gasteiger partial charge is 0.435 e. The van der Waals surface area contributed by atoms with Crippen molar-refractivity contribution in [3.05, 3.63) is 71.4 Å². The number of hydrogen-bond acceptors (Lipinski definition) is 6. The second kappa shape index (κ2) is 9.67. The van der Waals surface area contributed by atoms with E-state index in [0.717, 1.165) is 18.2 Å². The van der Waals surface area contributed by atoms with Crippen molar-refractivity contribution >= 4 is 0 Å². The Kier molecular flexibility index (Phi) is 6.98. The van der Waals surface area contributed by atoms with Crippen LogP contribution in [-0.2, 0) is 6.61 Å². The fourth-order valence-corrected chi connectivity index (χ4v) is 2.74. The molecule has 2 N–H and O–H groups in total. The van der Waals surface area contributed by atoms with Crippen molar-refractivity contribution in [2.75, 3.05) is 0 Å². The minimum Gasteiger partial charge on any atom is -0.435 e. The van der Waals surface area contributed by atoms with Gasteiger partial charge in [-0.15, -0.1) is 0 Å². The van der Waals surface area contributed by atoms with Crippen LogP contribution in [0.15, 0.2) is 48.7 Å². The van der Waals surface area contributed by atoms with Crippen molar-refractivity contribution in [3.8, 4) is 22.8 Å². The predicted molar refractivity (Wildman–Crippen MR) is 97.1 cm³/mol. The number of benzene rings is 1. The van der Waals surface area contributed by atoms with Gasteiger partial charge in [-0.25, -0.2) is 9.37 Å². The molecular weight excluding hydrogens is 427 g/mol. The molecule has 11 heteroatoms. The maximum absolute atomic E-state index is 13.9. The third-order valence-electron chi connectivity index (χ3n) is 4.07. The Hall–Kier alpha value is -3.31. The first-order chi connectivity index (χ1) is 14.8. The van der Waals surface area contributed by atoms with Crippen LogP contribution in [0.3, 0.4) is 0 Å². The van der Waals surface area contributed by atoms with Crippen LogP contribution in [-0.4, -0.2) is 33.4 Å². The molecule has 1 atom stereocenters. The van der Waals surface area contributed by atoms with Gasteiger partial charge in [0.25, 0.3) is 0 Å². The van der Waals surface area contributed by atoms with Gasteiger partial charge in [0.1, 0.15) is 23.4 Å². The first-order valence-corrected chi connectivity index (χ1v) is 8.72. The minimum atomic E-state index is -3.24. The SMILES string of the molecule is OCc1ccc([C@H](O)c2ccc(OC(F)F)c(-c3cc(F)cc(OC(F)F)c3)n2)cn1. The van der Waals surface area contributed by atoms with Gasteiger partial charge in [0.2, 0.25) is 0 Å². The third-order valence-corrected chi connectivity index (χ3v) is 4.07. The highest BCUT2D eigenvalue weighted by atomic mass is 19.3. The Labute approximate surface area is 172 Å². The van der Waals surface area contributed by atoms with E-state index in [1.807, 2.05) is 0 Å². The molecule has 164 valence electrons. The van der Waals surface area contributed by atoms with E-state index >= 15 is 0 Å². The van der Waals surface area contributed by atoms with Crippen LogP contribution in [0.25, 0.3) is 11.3 Å². The number of hydrogen-bond donors (Lipinski definition) is 2. The summed E-state index contributed by atoms with van der Waals surface area (Å²) in [5, 5.41) is 19.6. The van der Waals surface area contributed by atoms with E-state index in [0.29, 0.717) is 11.8 Å². The second-order valence-electron chi connectivity index (χ2n) is 6.16. The maximum Gasteiger partial charge on any atom is 0.387 e. The van der Waals surface area contributed by atoms with Crippen molar-refractivity contribution in [3.63, 3.8) is 0 Å². The summed E-state index contributed by atoms with van der Waals surface area (Å²) in [7, 11) is 0. The van der Waals surface area contributed by atoms with Crippen molar-refractivity contribution in [2.24, 2.45) is 0 Å². The molecule has 1 aromatic carbocycles. The highest BCUT2D eigenvalue weighted by molar-refractivity contribution is 5.68. The Morgan fingerprint density at radius 2 is 1.68 bits per heavy atom. The minimum absolute atomic E-state index is 0.0317. The van der Waals surface area contributed by atoms with Gasteiger partial charge in [-0.05, 0) is 30.3 Å². The molecule has 0 aliphatic carbocycles. The molecule has 31 heavy (non-hydrogen) atoms. The summed E-state index contributed by atoms with van der Waals surface area (Å²) in [6.07, 6.45) is -0.0669. The van der Waals surface area contributed by atoms with Crippen LogP contribution in [0.1, 0.15) is 23.1 Å². The first-order valence-electron chi connectivity index (χ1n) is 8.72. The normalized spacial score (nSPS) is 12.3. The third kappa shape index (κ3) is 5.64. The standard InChI is InChI=1S/C20H15F5N2O4/c21-12-5-11(6-14(7-12)30-19(22)23)17-16(31-20(24)25)4-3-15(27-17)18(29)10-1-2-13(9-28)26-8-10/h1-8,18-20,28-29H,9H2/t18-/m0/s1. The molecule has 3 aromatic rings. The van der Waals surface area contributed by atoms with Crippen molar-refractivity contribution in [2.45, 2.75) is 25.9 Å². The monoisotopic (exact) mass is 442 g/mol. The predicted octanol–water partition coefficient (Wildman–Crippen LogP) is 4.06.